The van der Waals surface area contributed by atoms with E-state index >= 15 is 0 Å². The Bertz CT molecular complexity index is 543. The smallest absolute Gasteiger partial charge is 0.171 e. The Labute approximate surface area is 94.5 Å². The molecular weight excluding hydrogens is 200 g/mol. The van der Waals surface area contributed by atoms with Crippen LogP contribution in [0, 0.1) is 13.8 Å². The van der Waals surface area contributed by atoms with Crippen molar-refractivity contribution in [2.75, 3.05) is 0 Å². The van der Waals surface area contributed by atoms with Gasteiger partial charge in [-0.3, -0.25) is 0 Å². The number of aromatic nitrogens is 1. The lowest BCUT2D eigenvalue weighted by atomic mass is 10.0. The minimum Gasteiger partial charge on any atom is -0.356 e. The Morgan fingerprint density at radius 3 is 2.94 bits per heavy atom. The van der Waals surface area contributed by atoms with Gasteiger partial charge in [-0.2, -0.15) is 0 Å². The molecule has 2 aromatic rings. The first-order chi connectivity index (χ1) is 7.75. The third-order valence-corrected chi connectivity index (χ3v) is 3.09. The molecule has 0 saturated carbocycles. The van der Waals surface area contributed by atoms with Crippen LogP contribution >= 0.6 is 0 Å². The van der Waals surface area contributed by atoms with Crippen LogP contribution in [0.25, 0.3) is 11.3 Å². The molecule has 0 unspecified atom stereocenters. The van der Waals surface area contributed by atoms with E-state index in [0.29, 0.717) is 0 Å². The summed E-state index contributed by atoms with van der Waals surface area (Å²) >= 11 is 0. The fraction of sp³-hybridized carbons (Fsp3) is 0.308. The lowest BCUT2D eigenvalue weighted by Crippen LogP contribution is -2.02. The molecule has 82 valence electrons. The van der Waals surface area contributed by atoms with Crippen LogP contribution in [0.2, 0.25) is 0 Å². The third-order valence-electron chi connectivity index (χ3n) is 3.09. The van der Waals surface area contributed by atoms with Crippen LogP contribution in [0.15, 0.2) is 22.7 Å². The molecule has 0 aliphatic carbocycles. The zero-order chi connectivity index (χ0) is 11.1. The molecule has 0 spiro atoms. The lowest BCUT2D eigenvalue weighted by molar-refractivity contribution is 0.417. The van der Waals surface area contributed by atoms with Crippen LogP contribution in [-0.4, -0.2) is 5.16 Å². The molecule has 16 heavy (non-hydrogen) atoms. The standard InChI is InChI=1S/C13H14N2O/c1-8-3-4-10(9(2)5-8)13-11-6-14-7-12(11)15-16-13/h3-5,14H,6-7H2,1-2H3. The second kappa shape index (κ2) is 3.46. The van der Waals surface area contributed by atoms with Crippen LogP contribution < -0.4 is 5.32 Å². The van der Waals surface area contributed by atoms with Crippen molar-refractivity contribution in [2.45, 2.75) is 26.9 Å². The highest BCUT2D eigenvalue weighted by Crippen LogP contribution is 2.31. The van der Waals surface area contributed by atoms with Crippen molar-refractivity contribution in [3.63, 3.8) is 0 Å². The molecular formula is C13H14N2O. The monoisotopic (exact) mass is 214 g/mol. The first kappa shape index (κ1) is 9.60. The van der Waals surface area contributed by atoms with Crippen molar-refractivity contribution in [1.29, 1.82) is 0 Å². The summed E-state index contributed by atoms with van der Waals surface area (Å²) in [5.41, 5.74) is 5.94. The molecule has 0 amide bonds. The molecule has 1 aromatic carbocycles. The van der Waals surface area contributed by atoms with Crippen molar-refractivity contribution < 1.29 is 4.52 Å². The normalized spacial score (nSPS) is 14.1. The second-order valence-corrected chi connectivity index (χ2v) is 4.36. The molecule has 1 aromatic heterocycles. The van der Waals surface area contributed by atoms with E-state index in [1.807, 2.05) is 0 Å². The van der Waals surface area contributed by atoms with Gasteiger partial charge in [0.25, 0.3) is 0 Å². The minimum absolute atomic E-state index is 0.823. The molecule has 0 saturated heterocycles. The zero-order valence-corrected chi connectivity index (χ0v) is 9.50. The first-order valence-corrected chi connectivity index (χ1v) is 5.51. The zero-order valence-electron chi connectivity index (χ0n) is 9.50. The van der Waals surface area contributed by atoms with Crippen LogP contribution in [0.5, 0.6) is 0 Å². The average Bonchev–Trinajstić information content (AvgIpc) is 2.80. The molecule has 3 heteroatoms. The molecule has 2 heterocycles. The molecule has 1 aliphatic rings. The number of rotatable bonds is 1. The molecule has 0 atom stereocenters. The van der Waals surface area contributed by atoms with Gasteiger partial charge >= 0.3 is 0 Å². The van der Waals surface area contributed by atoms with Crippen molar-refractivity contribution in [3.8, 4) is 11.3 Å². The molecule has 0 bridgehead atoms. The van der Waals surface area contributed by atoms with Crippen molar-refractivity contribution in [3.05, 3.63) is 40.6 Å². The largest absolute Gasteiger partial charge is 0.356 e. The predicted molar refractivity (Wildman–Crippen MR) is 62.0 cm³/mol. The van der Waals surface area contributed by atoms with Crippen molar-refractivity contribution >= 4 is 0 Å². The summed E-state index contributed by atoms with van der Waals surface area (Å²) in [5, 5.41) is 7.39. The number of fused-ring (bicyclic) bond motifs is 1. The summed E-state index contributed by atoms with van der Waals surface area (Å²) in [4.78, 5) is 0. The van der Waals surface area contributed by atoms with Crippen molar-refractivity contribution in [2.24, 2.45) is 0 Å². The van der Waals surface area contributed by atoms with Crippen LogP contribution in [0.4, 0.5) is 0 Å². The van der Waals surface area contributed by atoms with E-state index in [9.17, 15) is 0 Å². The van der Waals surface area contributed by atoms with E-state index in [1.165, 1.54) is 16.7 Å². The summed E-state index contributed by atoms with van der Waals surface area (Å²) in [6.45, 7) is 5.90. The van der Waals surface area contributed by atoms with Gasteiger partial charge in [-0.05, 0) is 19.4 Å². The summed E-state index contributed by atoms with van der Waals surface area (Å²) in [6.07, 6.45) is 0. The van der Waals surface area contributed by atoms with Gasteiger partial charge in [-0.25, -0.2) is 0 Å². The number of hydrogen-bond acceptors (Lipinski definition) is 3. The van der Waals surface area contributed by atoms with Crippen molar-refractivity contribution in [1.82, 2.24) is 10.5 Å². The third kappa shape index (κ3) is 1.36. The molecule has 3 rings (SSSR count). The Balaban J connectivity index is 2.15. The topological polar surface area (TPSA) is 38.1 Å². The average molecular weight is 214 g/mol. The maximum atomic E-state index is 5.45. The van der Waals surface area contributed by atoms with Crippen LogP contribution in [-0.2, 0) is 13.1 Å². The molecule has 0 radical (unpaired) electrons. The number of hydrogen-bond donors (Lipinski definition) is 1. The highest BCUT2D eigenvalue weighted by atomic mass is 16.5. The van der Waals surface area contributed by atoms with E-state index < -0.39 is 0 Å². The Morgan fingerprint density at radius 2 is 2.12 bits per heavy atom. The van der Waals surface area contributed by atoms with Gasteiger partial charge in [0.2, 0.25) is 0 Å². The summed E-state index contributed by atoms with van der Waals surface area (Å²) in [5.74, 6) is 0.928. The maximum absolute atomic E-state index is 5.45. The van der Waals surface area contributed by atoms with Gasteiger partial charge in [-0.1, -0.05) is 28.9 Å². The highest BCUT2D eigenvalue weighted by Gasteiger charge is 2.22. The van der Waals surface area contributed by atoms with Gasteiger partial charge < -0.3 is 9.84 Å². The Hall–Kier alpha value is -1.61. The predicted octanol–water partition coefficient (Wildman–Crippen LogP) is 2.56. The van der Waals surface area contributed by atoms with Crippen LogP contribution in [0.1, 0.15) is 22.4 Å². The van der Waals surface area contributed by atoms with E-state index in [4.69, 9.17) is 4.52 Å². The number of nitrogens with zero attached hydrogens (tertiary/aromatic N) is 1. The van der Waals surface area contributed by atoms with Gasteiger partial charge in [0.1, 0.15) is 5.69 Å². The summed E-state index contributed by atoms with van der Waals surface area (Å²) in [6, 6.07) is 6.40. The number of nitrogens with one attached hydrogen (secondary N) is 1. The molecule has 3 nitrogen and oxygen atoms in total. The second-order valence-electron chi connectivity index (χ2n) is 4.36. The number of aryl methyl sites for hydroxylation is 2. The molecule has 1 aliphatic heterocycles. The van der Waals surface area contributed by atoms with E-state index in [-0.39, 0.29) is 0 Å². The van der Waals surface area contributed by atoms with E-state index in [0.717, 1.165) is 30.1 Å². The van der Waals surface area contributed by atoms with Gasteiger partial charge in [-0.15, -0.1) is 0 Å². The molecule has 1 N–H and O–H groups in total. The SMILES string of the molecule is Cc1ccc(-c2onc3c2CNC3)c(C)c1. The van der Waals surface area contributed by atoms with Gasteiger partial charge in [0.15, 0.2) is 5.76 Å². The fourth-order valence-corrected chi connectivity index (χ4v) is 2.25. The Morgan fingerprint density at radius 1 is 1.25 bits per heavy atom. The molecule has 0 fully saturated rings. The maximum Gasteiger partial charge on any atom is 0.171 e. The lowest BCUT2D eigenvalue weighted by Gasteiger charge is -2.04. The van der Waals surface area contributed by atoms with Gasteiger partial charge in [0.05, 0.1) is 0 Å². The fourth-order valence-electron chi connectivity index (χ4n) is 2.25. The summed E-state index contributed by atoms with van der Waals surface area (Å²) < 4.78 is 5.45. The Kier molecular flexibility index (Phi) is 2.07. The van der Waals surface area contributed by atoms with Gasteiger partial charge in [0, 0.05) is 24.2 Å². The van der Waals surface area contributed by atoms with E-state index in [2.05, 4.69) is 42.5 Å². The minimum atomic E-state index is 0.823. The first-order valence-electron chi connectivity index (χ1n) is 5.51. The quantitative estimate of drug-likeness (QED) is 0.792. The van der Waals surface area contributed by atoms with Crippen LogP contribution in [0.3, 0.4) is 0 Å². The summed E-state index contributed by atoms with van der Waals surface area (Å²) in [7, 11) is 0. The van der Waals surface area contributed by atoms with E-state index in [1.54, 1.807) is 0 Å². The number of benzene rings is 1. The highest BCUT2D eigenvalue weighted by molar-refractivity contribution is 5.66.